The number of aromatic nitrogens is 3. The van der Waals surface area contributed by atoms with Crippen LogP contribution in [0.25, 0.3) is 5.69 Å². The molecule has 142 valence electrons. The summed E-state index contributed by atoms with van der Waals surface area (Å²) in [5.74, 6) is -0.262. The number of benzene rings is 2. The van der Waals surface area contributed by atoms with Crippen molar-refractivity contribution in [3.05, 3.63) is 77.1 Å². The fraction of sp³-hybridized carbons (Fsp3) is 0.200. The first kappa shape index (κ1) is 18.2. The van der Waals surface area contributed by atoms with Crippen molar-refractivity contribution in [3.8, 4) is 5.69 Å². The molecule has 1 saturated heterocycles. The Hall–Kier alpha value is -3.19. The first-order chi connectivity index (χ1) is 13.6. The van der Waals surface area contributed by atoms with E-state index in [0.717, 1.165) is 5.69 Å². The Kier molecular flexibility index (Phi) is 5.08. The van der Waals surface area contributed by atoms with E-state index in [9.17, 15) is 9.59 Å². The van der Waals surface area contributed by atoms with Crippen molar-refractivity contribution in [1.82, 2.24) is 24.8 Å². The van der Waals surface area contributed by atoms with Crippen LogP contribution in [0.5, 0.6) is 0 Å². The van der Waals surface area contributed by atoms with Gasteiger partial charge >= 0.3 is 0 Å². The molecule has 28 heavy (non-hydrogen) atoms. The average molecular weight is 396 g/mol. The Morgan fingerprint density at radius 1 is 0.857 bits per heavy atom. The Bertz CT molecular complexity index is 997. The summed E-state index contributed by atoms with van der Waals surface area (Å²) >= 11 is 5.97. The van der Waals surface area contributed by atoms with E-state index < -0.39 is 0 Å². The summed E-state index contributed by atoms with van der Waals surface area (Å²) in [6.45, 7) is 1.82. The number of nitrogens with zero attached hydrogens (tertiary/aromatic N) is 5. The number of hydrogen-bond donors (Lipinski definition) is 0. The van der Waals surface area contributed by atoms with Crippen LogP contribution in [0, 0.1) is 0 Å². The van der Waals surface area contributed by atoms with Gasteiger partial charge in [-0.2, -0.15) is 9.90 Å². The molecule has 4 rings (SSSR count). The van der Waals surface area contributed by atoms with Crippen molar-refractivity contribution in [2.75, 3.05) is 26.2 Å². The SMILES string of the molecule is O=C(c1cccc(Cl)c1)N1CCN(C(=O)c2cnn(-c3ccccc3)n2)CC1. The molecule has 1 aromatic heterocycles. The summed E-state index contributed by atoms with van der Waals surface area (Å²) in [5.41, 5.74) is 1.63. The lowest BCUT2D eigenvalue weighted by Gasteiger charge is -2.34. The maximum absolute atomic E-state index is 12.7. The van der Waals surface area contributed by atoms with E-state index in [1.165, 1.54) is 11.0 Å². The van der Waals surface area contributed by atoms with Crippen LogP contribution < -0.4 is 0 Å². The van der Waals surface area contributed by atoms with Crippen molar-refractivity contribution in [1.29, 1.82) is 0 Å². The maximum Gasteiger partial charge on any atom is 0.276 e. The molecule has 0 unspecified atom stereocenters. The van der Waals surface area contributed by atoms with Crippen molar-refractivity contribution in [2.24, 2.45) is 0 Å². The zero-order valence-electron chi connectivity index (χ0n) is 15.0. The predicted molar refractivity (Wildman–Crippen MR) is 105 cm³/mol. The van der Waals surface area contributed by atoms with Crippen LogP contribution in [0.15, 0.2) is 60.8 Å². The number of hydrogen-bond acceptors (Lipinski definition) is 4. The van der Waals surface area contributed by atoms with E-state index in [1.807, 2.05) is 30.3 Å². The molecule has 0 saturated carbocycles. The molecule has 2 heterocycles. The normalized spacial score (nSPS) is 14.2. The largest absolute Gasteiger partial charge is 0.335 e. The molecule has 0 bridgehead atoms. The summed E-state index contributed by atoms with van der Waals surface area (Å²) in [6, 6.07) is 16.3. The van der Waals surface area contributed by atoms with Crippen LogP contribution in [-0.4, -0.2) is 62.8 Å². The molecular weight excluding hydrogens is 378 g/mol. The molecule has 2 aromatic carbocycles. The summed E-state index contributed by atoms with van der Waals surface area (Å²) in [5, 5.41) is 8.99. The number of carbonyl (C=O) groups is 2. The fourth-order valence-electron chi connectivity index (χ4n) is 3.13. The molecule has 7 nitrogen and oxygen atoms in total. The standard InChI is InChI=1S/C20H18ClN5O2/c21-16-6-4-5-15(13-16)19(27)24-9-11-25(12-10-24)20(28)18-14-22-26(23-18)17-7-2-1-3-8-17/h1-8,13-14H,9-12H2. The number of rotatable bonds is 3. The second-order valence-electron chi connectivity index (χ2n) is 6.45. The van der Waals surface area contributed by atoms with Gasteiger partial charge in [-0.05, 0) is 30.3 Å². The molecule has 0 atom stereocenters. The van der Waals surface area contributed by atoms with Gasteiger partial charge in [-0.3, -0.25) is 9.59 Å². The lowest BCUT2D eigenvalue weighted by atomic mass is 10.2. The minimum atomic E-state index is -0.183. The van der Waals surface area contributed by atoms with Gasteiger partial charge in [-0.1, -0.05) is 35.9 Å². The Morgan fingerprint density at radius 3 is 2.21 bits per heavy atom. The first-order valence-electron chi connectivity index (χ1n) is 8.94. The highest BCUT2D eigenvalue weighted by Crippen LogP contribution is 2.15. The van der Waals surface area contributed by atoms with Gasteiger partial charge < -0.3 is 9.80 Å². The highest BCUT2D eigenvalue weighted by atomic mass is 35.5. The first-order valence-corrected chi connectivity index (χ1v) is 9.31. The van der Waals surface area contributed by atoms with Crippen LogP contribution in [0.2, 0.25) is 5.02 Å². The van der Waals surface area contributed by atoms with E-state index >= 15 is 0 Å². The van der Waals surface area contributed by atoms with Gasteiger partial charge in [0.05, 0.1) is 11.9 Å². The number of halogens is 1. The van der Waals surface area contributed by atoms with E-state index in [2.05, 4.69) is 10.2 Å². The van der Waals surface area contributed by atoms with E-state index in [0.29, 0.717) is 42.5 Å². The van der Waals surface area contributed by atoms with Gasteiger partial charge in [0.2, 0.25) is 0 Å². The monoisotopic (exact) mass is 395 g/mol. The van der Waals surface area contributed by atoms with Gasteiger partial charge in [-0.25, -0.2) is 0 Å². The Labute approximate surface area is 167 Å². The molecular formula is C20H18ClN5O2. The molecule has 0 radical (unpaired) electrons. The highest BCUT2D eigenvalue weighted by Gasteiger charge is 2.27. The third-order valence-electron chi connectivity index (χ3n) is 4.62. The maximum atomic E-state index is 12.7. The van der Waals surface area contributed by atoms with Crippen molar-refractivity contribution >= 4 is 23.4 Å². The fourth-order valence-corrected chi connectivity index (χ4v) is 3.32. The lowest BCUT2D eigenvalue weighted by Crippen LogP contribution is -2.50. The number of amides is 2. The van der Waals surface area contributed by atoms with Gasteiger partial charge in [0, 0.05) is 36.8 Å². The average Bonchev–Trinajstić information content (AvgIpc) is 3.24. The topological polar surface area (TPSA) is 71.3 Å². The van der Waals surface area contributed by atoms with Gasteiger partial charge in [-0.15, -0.1) is 5.10 Å². The van der Waals surface area contributed by atoms with Crippen LogP contribution in [0.3, 0.4) is 0 Å². The molecule has 0 N–H and O–H groups in total. The molecule has 0 spiro atoms. The Morgan fingerprint density at radius 2 is 1.54 bits per heavy atom. The van der Waals surface area contributed by atoms with Crippen molar-refractivity contribution in [3.63, 3.8) is 0 Å². The highest BCUT2D eigenvalue weighted by molar-refractivity contribution is 6.30. The van der Waals surface area contributed by atoms with Crippen LogP contribution in [0.1, 0.15) is 20.8 Å². The van der Waals surface area contributed by atoms with Gasteiger partial charge in [0.15, 0.2) is 5.69 Å². The Balaban J connectivity index is 1.39. The summed E-state index contributed by atoms with van der Waals surface area (Å²) in [7, 11) is 0. The minimum Gasteiger partial charge on any atom is -0.335 e. The second kappa shape index (κ2) is 7.82. The number of para-hydroxylation sites is 1. The molecule has 1 fully saturated rings. The lowest BCUT2D eigenvalue weighted by molar-refractivity contribution is 0.0532. The van der Waals surface area contributed by atoms with E-state index in [-0.39, 0.29) is 11.8 Å². The smallest absolute Gasteiger partial charge is 0.276 e. The molecule has 2 amide bonds. The van der Waals surface area contributed by atoms with Crippen LogP contribution in [-0.2, 0) is 0 Å². The summed E-state index contributed by atoms with van der Waals surface area (Å²) in [6.07, 6.45) is 1.47. The molecule has 3 aromatic rings. The third kappa shape index (κ3) is 3.75. The second-order valence-corrected chi connectivity index (χ2v) is 6.89. The molecule has 1 aliphatic rings. The predicted octanol–water partition coefficient (Wildman–Crippen LogP) is 2.52. The van der Waals surface area contributed by atoms with E-state index in [4.69, 9.17) is 11.6 Å². The van der Waals surface area contributed by atoms with Gasteiger partial charge in [0.25, 0.3) is 11.8 Å². The zero-order chi connectivity index (χ0) is 19.5. The summed E-state index contributed by atoms with van der Waals surface area (Å²) in [4.78, 5) is 30.2. The van der Waals surface area contributed by atoms with E-state index in [1.54, 1.807) is 34.1 Å². The molecule has 1 aliphatic heterocycles. The zero-order valence-corrected chi connectivity index (χ0v) is 15.8. The summed E-state index contributed by atoms with van der Waals surface area (Å²) < 4.78 is 0. The molecule has 0 aliphatic carbocycles. The van der Waals surface area contributed by atoms with Crippen LogP contribution in [0.4, 0.5) is 0 Å². The van der Waals surface area contributed by atoms with Crippen molar-refractivity contribution < 1.29 is 9.59 Å². The van der Waals surface area contributed by atoms with Gasteiger partial charge in [0.1, 0.15) is 0 Å². The quantitative estimate of drug-likeness (QED) is 0.683. The number of carbonyl (C=O) groups excluding carboxylic acids is 2. The van der Waals surface area contributed by atoms with Crippen LogP contribution >= 0.6 is 11.6 Å². The number of piperazine rings is 1. The minimum absolute atomic E-state index is 0.0791. The van der Waals surface area contributed by atoms with Crippen molar-refractivity contribution in [2.45, 2.75) is 0 Å². The molecule has 8 heteroatoms. The third-order valence-corrected chi connectivity index (χ3v) is 4.86.